The van der Waals surface area contributed by atoms with E-state index in [0.717, 1.165) is 6.08 Å². The fourth-order valence-corrected chi connectivity index (χ4v) is 1.17. The predicted molar refractivity (Wildman–Crippen MR) is 44.7 cm³/mol. The van der Waals surface area contributed by atoms with Crippen LogP contribution in [0.15, 0.2) is 11.8 Å². The van der Waals surface area contributed by atoms with Crippen molar-refractivity contribution in [3.63, 3.8) is 0 Å². The summed E-state index contributed by atoms with van der Waals surface area (Å²) in [5.74, 6) is -1.27. The predicted octanol–water partition coefficient (Wildman–Crippen LogP) is -0.518. The van der Waals surface area contributed by atoms with Crippen LogP contribution in [0, 0.1) is 0 Å². The molecule has 6 heteroatoms. The highest BCUT2D eigenvalue weighted by molar-refractivity contribution is 6.49. The standard InChI is InChI=1S/C6H6Cl2N2O2/c7-5-4(12)2(9)1-3(11)6(5,8)10/h1,5H,9-10H2. The van der Waals surface area contributed by atoms with Crippen molar-refractivity contribution in [3.8, 4) is 0 Å². The Balaban J connectivity index is 3.17. The first-order valence-electron chi connectivity index (χ1n) is 3.05. The van der Waals surface area contributed by atoms with Gasteiger partial charge in [0.2, 0.25) is 0 Å². The summed E-state index contributed by atoms with van der Waals surface area (Å²) in [6.45, 7) is 0. The van der Waals surface area contributed by atoms with E-state index in [9.17, 15) is 9.59 Å². The maximum atomic E-state index is 11.0. The van der Waals surface area contributed by atoms with Gasteiger partial charge in [0, 0.05) is 6.08 Å². The van der Waals surface area contributed by atoms with Gasteiger partial charge >= 0.3 is 0 Å². The Bertz CT molecular complexity index is 285. The first-order chi connectivity index (χ1) is 5.37. The summed E-state index contributed by atoms with van der Waals surface area (Å²) in [6.07, 6.45) is 0.897. The van der Waals surface area contributed by atoms with Gasteiger partial charge in [0.05, 0.1) is 5.70 Å². The summed E-state index contributed by atoms with van der Waals surface area (Å²) in [5, 5.41) is -1.29. The Morgan fingerprint density at radius 3 is 2.50 bits per heavy atom. The summed E-state index contributed by atoms with van der Waals surface area (Å²) in [7, 11) is 0. The molecule has 12 heavy (non-hydrogen) atoms. The lowest BCUT2D eigenvalue weighted by Crippen LogP contribution is -2.56. The molecule has 0 saturated heterocycles. The van der Waals surface area contributed by atoms with Crippen molar-refractivity contribution in [1.29, 1.82) is 0 Å². The zero-order valence-corrected chi connectivity index (χ0v) is 7.39. The van der Waals surface area contributed by atoms with Gasteiger partial charge in [0.25, 0.3) is 0 Å². The van der Waals surface area contributed by atoms with Gasteiger partial charge in [-0.3, -0.25) is 9.59 Å². The number of hydrogen-bond donors (Lipinski definition) is 2. The molecule has 0 spiro atoms. The van der Waals surface area contributed by atoms with Crippen molar-refractivity contribution in [3.05, 3.63) is 11.8 Å². The van der Waals surface area contributed by atoms with Crippen LogP contribution in [-0.4, -0.2) is 21.9 Å². The lowest BCUT2D eigenvalue weighted by Gasteiger charge is -2.27. The fourth-order valence-electron chi connectivity index (χ4n) is 0.785. The molecule has 4 N–H and O–H groups in total. The molecule has 0 aliphatic heterocycles. The Morgan fingerprint density at radius 1 is 1.50 bits per heavy atom. The third-order valence-electron chi connectivity index (χ3n) is 1.55. The van der Waals surface area contributed by atoms with Crippen LogP contribution >= 0.6 is 23.2 Å². The van der Waals surface area contributed by atoms with Crippen molar-refractivity contribution in [1.82, 2.24) is 0 Å². The van der Waals surface area contributed by atoms with Crippen molar-refractivity contribution in [2.75, 3.05) is 0 Å². The molecule has 2 atom stereocenters. The lowest BCUT2D eigenvalue weighted by atomic mass is 9.97. The van der Waals surface area contributed by atoms with E-state index in [2.05, 4.69) is 0 Å². The number of hydrogen-bond acceptors (Lipinski definition) is 4. The Morgan fingerprint density at radius 2 is 2.00 bits per heavy atom. The normalized spacial score (nSPS) is 36.6. The summed E-state index contributed by atoms with van der Waals surface area (Å²) >= 11 is 11.0. The maximum Gasteiger partial charge on any atom is 0.200 e. The quantitative estimate of drug-likeness (QED) is 0.415. The van der Waals surface area contributed by atoms with Gasteiger partial charge in [-0.2, -0.15) is 0 Å². The van der Waals surface area contributed by atoms with Crippen LogP contribution in [0.5, 0.6) is 0 Å². The van der Waals surface area contributed by atoms with E-state index in [1.165, 1.54) is 0 Å². The number of halogens is 2. The molecule has 2 unspecified atom stereocenters. The monoisotopic (exact) mass is 208 g/mol. The SMILES string of the molecule is NC1=CC(=O)C(N)(Cl)C(Cl)C1=O. The zero-order valence-electron chi connectivity index (χ0n) is 5.88. The van der Waals surface area contributed by atoms with Crippen molar-refractivity contribution in [2.45, 2.75) is 10.4 Å². The highest BCUT2D eigenvalue weighted by Gasteiger charge is 2.46. The molecule has 1 aliphatic rings. The van der Waals surface area contributed by atoms with E-state index in [0.29, 0.717) is 0 Å². The van der Waals surface area contributed by atoms with Gasteiger partial charge in [-0.05, 0) is 0 Å². The molecular formula is C6H6Cl2N2O2. The van der Waals surface area contributed by atoms with Gasteiger partial charge in [-0.25, -0.2) is 0 Å². The van der Waals surface area contributed by atoms with Crippen LogP contribution in [0.3, 0.4) is 0 Å². The van der Waals surface area contributed by atoms with Gasteiger partial charge in [0.15, 0.2) is 16.6 Å². The molecule has 1 aliphatic carbocycles. The Labute approximate surface area is 78.5 Å². The summed E-state index contributed by atoms with van der Waals surface area (Å²) in [4.78, 5) is 20.2. The highest BCUT2D eigenvalue weighted by atomic mass is 35.5. The van der Waals surface area contributed by atoms with E-state index in [-0.39, 0.29) is 5.70 Å². The molecule has 0 amide bonds. The van der Waals surface area contributed by atoms with E-state index in [1.54, 1.807) is 0 Å². The number of carbonyl (C=O) groups is 2. The van der Waals surface area contributed by atoms with Crippen molar-refractivity contribution in [2.24, 2.45) is 11.5 Å². The molecule has 0 saturated carbocycles. The Hall–Kier alpha value is -0.580. The minimum absolute atomic E-state index is 0.207. The second-order valence-corrected chi connectivity index (χ2v) is 3.52. The van der Waals surface area contributed by atoms with Crippen molar-refractivity contribution < 1.29 is 9.59 Å². The minimum atomic E-state index is -1.86. The van der Waals surface area contributed by atoms with Gasteiger partial charge in [-0.15, -0.1) is 11.6 Å². The number of allylic oxidation sites excluding steroid dienone is 1. The molecule has 0 bridgehead atoms. The second-order valence-electron chi connectivity index (χ2n) is 2.46. The number of carbonyl (C=O) groups excluding carboxylic acids is 2. The van der Waals surface area contributed by atoms with Gasteiger partial charge < -0.3 is 11.5 Å². The molecule has 0 heterocycles. The molecule has 4 nitrogen and oxygen atoms in total. The average molecular weight is 209 g/mol. The van der Waals surface area contributed by atoms with E-state index in [1.807, 2.05) is 0 Å². The Kier molecular flexibility index (Phi) is 2.16. The van der Waals surface area contributed by atoms with Gasteiger partial charge in [-0.1, -0.05) is 11.6 Å². The molecule has 0 fully saturated rings. The van der Waals surface area contributed by atoms with Crippen LogP contribution in [0.4, 0.5) is 0 Å². The van der Waals surface area contributed by atoms with Crippen LogP contribution in [0.2, 0.25) is 0 Å². The number of alkyl halides is 2. The third-order valence-corrected chi connectivity index (χ3v) is 2.61. The number of rotatable bonds is 0. The average Bonchev–Trinajstić information content (AvgIpc) is 1.99. The molecule has 0 radical (unpaired) electrons. The summed E-state index contributed by atoms with van der Waals surface area (Å²) in [6, 6.07) is 0. The molecule has 0 aromatic rings. The van der Waals surface area contributed by atoms with Crippen LogP contribution in [0.1, 0.15) is 0 Å². The third kappa shape index (κ3) is 1.22. The molecule has 0 aromatic heterocycles. The fraction of sp³-hybridized carbons (Fsp3) is 0.333. The summed E-state index contributed by atoms with van der Waals surface area (Å²) in [5.41, 5.74) is 10.2. The minimum Gasteiger partial charge on any atom is -0.396 e. The second kappa shape index (κ2) is 2.73. The molecule has 1 rings (SSSR count). The zero-order chi connectivity index (χ0) is 9.52. The summed E-state index contributed by atoms with van der Waals surface area (Å²) < 4.78 is 0. The van der Waals surface area contributed by atoms with Crippen LogP contribution in [0.25, 0.3) is 0 Å². The molecule has 0 aromatic carbocycles. The van der Waals surface area contributed by atoms with Gasteiger partial charge in [0.1, 0.15) is 5.38 Å². The van der Waals surface area contributed by atoms with Crippen LogP contribution < -0.4 is 11.5 Å². The van der Waals surface area contributed by atoms with Crippen LogP contribution in [-0.2, 0) is 9.59 Å². The lowest BCUT2D eigenvalue weighted by molar-refractivity contribution is -0.123. The number of nitrogens with two attached hydrogens (primary N) is 2. The smallest absolute Gasteiger partial charge is 0.200 e. The van der Waals surface area contributed by atoms with E-state index >= 15 is 0 Å². The first-order valence-corrected chi connectivity index (χ1v) is 3.86. The largest absolute Gasteiger partial charge is 0.396 e. The van der Waals surface area contributed by atoms with E-state index < -0.39 is 21.9 Å². The topological polar surface area (TPSA) is 86.2 Å². The molecular weight excluding hydrogens is 203 g/mol. The molecule has 66 valence electrons. The number of Topliss-reactive ketones (excluding diaryl/α,β-unsaturated/α-hetero) is 1. The maximum absolute atomic E-state index is 11.0. The number of ketones is 2. The van der Waals surface area contributed by atoms with E-state index in [4.69, 9.17) is 34.7 Å². The highest BCUT2D eigenvalue weighted by Crippen LogP contribution is 2.26. The van der Waals surface area contributed by atoms with Crippen molar-refractivity contribution >= 4 is 34.8 Å². The first kappa shape index (κ1) is 9.51.